The molecule has 0 saturated heterocycles. The molecule has 1 amide bonds. The van der Waals surface area contributed by atoms with Crippen LogP contribution in [0, 0.1) is 0 Å². The number of amides is 1. The Morgan fingerprint density at radius 3 is 2.67 bits per heavy atom. The molecule has 0 unspecified atom stereocenters. The van der Waals surface area contributed by atoms with E-state index in [0.717, 1.165) is 5.69 Å². The van der Waals surface area contributed by atoms with Crippen LogP contribution in [0.3, 0.4) is 0 Å². The molecule has 4 heteroatoms. The number of carbonyl (C=O) groups excluding carboxylic acids is 1. The second-order valence-corrected chi connectivity index (χ2v) is 3.11. The summed E-state index contributed by atoms with van der Waals surface area (Å²) in [5.74, 6) is -0.137. The first-order valence-corrected chi connectivity index (χ1v) is 4.51. The first kappa shape index (κ1) is 9.45. The predicted molar refractivity (Wildman–Crippen MR) is 55.7 cm³/mol. The van der Waals surface area contributed by atoms with Gasteiger partial charge in [0.1, 0.15) is 6.26 Å². The lowest BCUT2D eigenvalue weighted by atomic mass is 10.2. The van der Waals surface area contributed by atoms with E-state index in [2.05, 4.69) is 9.68 Å². The minimum atomic E-state index is -0.137. The highest BCUT2D eigenvalue weighted by Gasteiger charge is 2.14. The van der Waals surface area contributed by atoms with Crippen LogP contribution in [-0.2, 0) is 0 Å². The van der Waals surface area contributed by atoms with Gasteiger partial charge in [0.05, 0.1) is 11.8 Å². The molecule has 0 spiro atoms. The molecule has 0 aliphatic rings. The molecule has 0 atom stereocenters. The minimum Gasteiger partial charge on any atom is -0.364 e. The number of benzene rings is 1. The van der Waals surface area contributed by atoms with Crippen molar-refractivity contribution in [2.45, 2.75) is 0 Å². The van der Waals surface area contributed by atoms with Crippen molar-refractivity contribution in [3.05, 3.63) is 48.4 Å². The van der Waals surface area contributed by atoms with Crippen LogP contribution in [0.15, 0.2) is 47.3 Å². The van der Waals surface area contributed by atoms with E-state index in [4.69, 9.17) is 0 Å². The molecule has 0 aliphatic carbocycles. The van der Waals surface area contributed by atoms with Gasteiger partial charge in [-0.3, -0.25) is 4.79 Å². The molecular formula is C11H10N2O2. The Bertz CT molecular complexity index is 437. The lowest BCUT2D eigenvalue weighted by molar-refractivity contribution is 0.0992. The maximum atomic E-state index is 11.8. The molecule has 76 valence electrons. The molecule has 1 aromatic heterocycles. The molecule has 15 heavy (non-hydrogen) atoms. The lowest BCUT2D eigenvalue weighted by Gasteiger charge is -2.15. The Labute approximate surface area is 87.1 Å². The molecule has 0 aliphatic heterocycles. The summed E-state index contributed by atoms with van der Waals surface area (Å²) in [4.78, 5) is 13.4. The van der Waals surface area contributed by atoms with Crippen LogP contribution in [0.2, 0.25) is 0 Å². The molecule has 0 N–H and O–H groups in total. The third-order valence-electron chi connectivity index (χ3n) is 2.13. The van der Waals surface area contributed by atoms with E-state index in [9.17, 15) is 4.79 Å². The monoisotopic (exact) mass is 202 g/mol. The zero-order chi connectivity index (χ0) is 10.7. The van der Waals surface area contributed by atoms with Gasteiger partial charge in [-0.2, -0.15) is 0 Å². The summed E-state index contributed by atoms with van der Waals surface area (Å²) < 4.78 is 4.62. The summed E-state index contributed by atoms with van der Waals surface area (Å²) in [6.45, 7) is 0. The Morgan fingerprint density at radius 2 is 2.07 bits per heavy atom. The largest absolute Gasteiger partial charge is 0.364 e. The van der Waals surface area contributed by atoms with Gasteiger partial charge in [-0.05, 0) is 12.1 Å². The smallest absolute Gasteiger partial charge is 0.262 e. The fourth-order valence-electron chi connectivity index (χ4n) is 1.27. The van der Waals surface area contributed by atoms with Crippen LogP contribution in [0.4, 0.5) is 5.69 Å². The minimum absolute atomic E-state index is 0.137. The highest BCUT2D eigenvalue weighted by Crippen LogP contribution is 2.14. The molecule has 1 aromatic carbocycles. The van der Waals surface area contributed by atoms with Crippen molar-refractivity contribution < 1.29 is 9.32 Å². The summed E-state index contributed by atoms with van der Waals surface area (Å²) in [5, 5.41) is 3.50. The topological polar surface area (TPSA) is 46.3 Å². The highest BCUT2D eigenvalue weighted by atomic mass is 16.5. The van der Waals surface area contributed by atoms with Crippen LogP contribution < -0.4 is 4.90 Å². The number of aromatic nitrogens is 1. The van der Waals surface area contributed by atoms with Crippen LogP contribution in [-0.4, -0.2) is 18.1 Å². The van der Waals surface area contributed by atoms with Crippen LogP contribution in [0.1, 0.15) is 10.4 Å². The first-order valence-electron chi connectivity index (χ1n) is 4.51. The fraction of sp³-hybridized carbons (Fsp3) is 0.0909. The van der Waals surface area contributed by atoms with Gasteiger partial charge < -0.3 is 9.42 Å². The van der Waals surface area contributed by atoms with Gasteiger partial charge >= 0.3 is 0 Å². The Balaban J connectivity index is 2.23. The van der Waals surface area contributed by atoms with E-state index in [1.165, 1.54) is 12.5 Å². The van der Waals surface area contributed by atoms with Gasteiger partial charge in [-0.1, -0.05) is 23.4 Å². The van der Waals surface area contributed by atoms with Gasteiger partial charge in [0.25, 0.3) is 5.91 Å². The lowest BCUT2D eigenvalue weighted by Crippen LogP contribution is -2.25. The van der Waals surface area contributed by atoms with Gasteiger partial charge in [-0.15, -0.1) is 0 Å². The van der Waals surface area contributed by atoms with Gasteiger partial charge in [-0.25, -0.2) is 0 Å². The second-order valence-electron chi connectivity index (χ2n) is 3.11. The van der Waals surface area contributed by atoms with Gasteiger partial charge in [0.15, 0.2) is 0 Å². The molecule has 2 rings (SSSR count). The zero-order valence-electron chi connectivity index (χ0n) is 8.25. The number of carbonyl (C=O) groups is 1. The van der Waals surface area contributed by atoms with Crippen LogP contribution in [0.25, 0.3) is 0 Å². The highest BCUT2D eigenvalue weighted by molar-refractivity contribution is 6.05. The first-order chi connectivity index (χ1) is 7.29. The van der Waals surface area contributed by atoms with E-state index in [0.29, 0.717) is 5.56 Å². The Hall–Kier alpha value is -2.10. The molecule has 0 radical (unpaired) electrons. The van der Waals surface area contributed by atoms with Gasteiger partial charge in [0, 0.05) is 12.7 Å². The summed E-state index contributed by atoms with van der Waals surface area (Å²) in [5.41, 5.74) is 1.28. The molecular weight excluding hydrogens is 192 g/mol. The number of hydrogen-bond donors (Lipinski definition) is 0. The Morgan fingerprint density at radius 1 is 1.33 bits per heavy atom. The van der Waals surface area contributed by atoms with Crippen molar-refractivity contribution in [1.82, 2.24) is 5.16 Å². The SMILES string of the molecule is CN(C(=O)c1cnoc1)c1ccccc1. The predicted octanol–water partition coefficient (Wildman–Crippen LogP) is 1.95. The van der Waals surface area contributed by atoms with E-state index in [1.54, 1.807) is 11.9 Å². The number of rotatable bonds is 2. The average molecular weight is 202 g/mol. The van der Waals surface area contributed by atoms with Crippen molar-refractivity contribution in [1.29, 1.82) is 0 Å². The van der Waals surface area contributed by atoms with E-state index >= 15 is 0 Å². The van der Waals surface area contributed by atoms with Crippen molar-refractivity contribution >= 4 is 11.6 Å². The van der Waals surface area contributed by atoms with Crippen molar-refractivity contribution in [3.63, 3.8) is 0 Å². The summed E-state index contributed by atoms with van der Waals surface area (Å²) in [6.07, 6.45) is 2.74. The zero-order valence-corrected chi connectivity index (χ0v) is 8.25. The number of nitrogens with zero attached hydrogens (tertiary/aromatic N) is 2. The standard InChI is InChI=1S/C11H10N2O2/c1-13(10-5-3-2-4-6-10)11(14)9-7-12-15-8-9/h2-8H,1H3. The maximum Gasteiger partial charge on any atom is 0.262 e. The third-order valence-corrected chi connectivity index (χ3v) is 2.13. The van der Waals surface area contributed by atoms with Crippen molar-refractivity contribution in [2.24, 2.45) is 0 Å². The third kappa shape index (κ3) is 1.88. The number of hydrogen-bond acceptors (Lipinski definition) is 3. The van der Waals surface area contributed by atoms with Crippen LogP contribution in [0.5, 0.6) is 0 Å². The molecule has 1 heterocycles. The second kappa shape index (κ2) is 3.96. The number of para-hydroxylation sites is 1. The molecule has 2 aromatic rings. The average Bonchev–Trinajstić information content (AvgIpc) is 2.82. The van der Waals surface area contributed by atoms with E-state index < -0.39 is 0 Å². The number of anilines is 1. The normalized spacial score (nSPS) is 9.93. The van der Waals surface area contributed by atoms with E-state index in [1.807, 2.05) is 30.3 Å². The summed E-state index contributed by atoms with van der Waals surface area (Å²) in [7, 11) is 1.71. The maximum absolute atomic E-state index is 11.8. The van der Waals surface area contributed by atoms with E-state index in [-0.39, 0.29) is 5.91 Å². The molecule has 0 bridgehead atoms. The van der Waals surface area contributed by atoms with Crippen LogP contribution >= 0.6 is 0 Å². The van der Waals surface area contributed by atoms with Crippen molar-refractivity contribution in [2.75, 3.05) is 11.9 Å². The van der Waals surface area contributed by atoms with Crippen molar-refractivity contribution in [3.8, 4) is 0 Å². The summed E-state index contributed by atoms with van der Waals surface area (Å²) in [6, 6.07) is 9.40. The Kier molecular flexibility index (Phi) is 2.49. The molecule has 0 saturated carbocycles. The van der Waals surface area contributed by atoms with Gasteiger partial charge in [0.2, 0.25) is 0 Å². The fourth-order valence-corrected chi connectivity index (χ4v) is 1.27. The quantitative estimate of drug-likeness (QED) is 0.747. The summed E-state index contributed by atoms with van der Waals surface area (Å²) >= 11 is 0. The molecule has 0 fully saturated rings. The molecule has 4 nitrogen and oxygen atoms in total.